The van der Waals surface area contributed by atoms with E-state index in [1.165, 1.54) is 17.7 Å². The SMILES string of the molecule is CCCCOc1c(N(C)C(=O)OC(C)(C)C)n(CC(C)(C)C)c(=O)c2ccc(OCC3CC3)cc12. The summed E-state index contributed by atoms with van der Waals surface area (Å²) in [5.41, 5.74) is -1.06. The van der Waals surface area contributed by atoms with Crippen LogP contribution >= 0.6 is 0 Å². The number of rotatable bonds is 9. The maximum absolute atomic E-state index is 13.8. The third-order valence-electron chi connectivity index (χ3n) is 5.71. The van der Waals surface area contributed by atoms with Gasteiger partial charge in [0.25, 0.3) is 5.56 Å². The first-order valence-electron chi connectivity index (χ1n) is 12.7. The number of anilines is 1. The number of ether oxygens (including phenoxy) is 3. The van der Waals surface area contributed by atoms with Crippen LogP contribution in [-0.4, -0.2) is 36.5 Å². The zero-order valence-corrected chi connectivity index (χ0v) is 22.7. The van der Waals surface area contributed by atoms with Crippen molar-refractivity contribution in [2.75, 3.05) is 25.2 Å². The highest BCUT2D eigenvalue weighted by atomic mass is 16.6. The van der Waals surface area contributed by atoms with Crippen LogP contribution in [0.15, 0.2) is 23.0 Å². The van der Waals surface area contributed by atoms with Crippen LogP contribution in [0.3, 0.4) is 0 Å². The molecular weight excluding hydrogens is 444 g/mol. The molecule has 1 aromatic carbocycles. The highest BCUT2D eigenvalue weighted by molar-refractivity contribution is 5.97. The van der Waals surface area contributed by atoms with Gasteiger partial charge in [-0.2, -0.15) is 0 Å². The Balaban J connectivity index is 2.23. The summed E-state index contributed by atoms with van der Waals surface area (Å²) in [6.07, 6.45) is 3.67. The minimum atomic E-state index is -0.676. The van der Waals surface area contributed by atoms with Crippen LogP contribution in [0.2, 0.25) is 0 Å². The molecule has 0 unspecified atom stereocenters. The number of pyridine rings is 1. The molecule has 2 aromatic rings. The van der Waals surface area contributed by atoms with Crippen molar-refractivity contribution in [3.05, 3.63) is 28.6 Å². The van der Waals surface area contributed by atoms with E-state index in [9.17, 15) is 9.59 Å². The largest absolute Gasteiger partial charge is 0.493 e. The summed E-state index contributed by atoms with van der Waals surface area (Å²) in [6, 6.07) is 5.53. The van der Waals surface area contributed by atoms with Gasteiger partial charge in [-0.25, -0.2) is 4.79 Å². The first kappa shape index (κ1) is 26.9. The Hall–Kier alpha value is -2.70. The molecule has 0 atom stereocenters. The fourth-order valence-corrected chi connectivity index (χ4v) is 3.80. The lowest BCUT2D eigenvalue weighted by molar-refractivity contribution is 0.0585. The molecule has 0 saturated heterocycles. The number of unbranched alkanes of at least 4 members (excludes halogenated alkanes) is 1. The fourth-order valence-electron chi connectivity index (χ4n) is 3.80. The molecule has 7 heteroatoms. The van der Waals surface area contributed by atoms with Crippen molar-refractivity contribution in [1.29, 1.82) is 0 Å². The predicted molar refractivity (Wildman–Crippen MR) is 141 cm³/mol. The van der Waals surface area contributed by atoms with E-state index in [1.54, 1.807) is 11.6 Å². The van der Waals surface area contributed by atoms with Crippen LogP contribution < -0.4 is 19.9 Å². The van der Waals surface area contributed by atoms with Crippen LogP contribution in [0.25, 0.3) is 10.8 Å². The normalized spacial score (nSPS) is 14.2. The Kier molecular flexibility index (Phi) is 8.07. The Morgan fingerprint density at radius 3 is 2.34 bits per heavy atom. The Morgan fingerprint density at radius 2 is 1.77 bits per heavy atom. The number of benzene rings is 1. The molecule has 1 fully saturated rings. The van der Waals surface area contributed by atoms with E-state index >= 15 is 0 Å². The summed E-state index contributed by atoms with van der Waals surface area (Å²) < 4.78 is 19.7. The summed E-state index contributed by atoms with van der Waals surface area (Å²) in [6.45, 7) is 15.3. The Morgan fingerprint density at radius 1 is 1.09 bits per heavy atom. The predicted octanol–water partition coefficient (Wildman–Crippen LogP) is 6.39. The van der Waals surface area contributed by atoms with Crippen LogP contribution in [0.4, 0.5) is 10.6 Å². The van der Waals surface area contributed by atoms with Gasteiger partial charge in [0.05, 0.1) is 18.6 Å². The minimum Gasteiger partial charge on any atom is -0.493 e. The topological polar surface area (TPSA) is 70.0 Å². The van der Waals surface area contributed by atoms with E-state index in [2.05, 4.69) is 27.7 Å². The summed E-state index contributed by atoms with van der Waals surface area (Å²) in [7, 11) is 1.63. The molecule has 1 aliphatic carbocycles. The van der Waals surface area contributed by atoms with Crippen molar-refractivity contribution in [3.63, 3.8) is 0 Å². The van der Waals surface area contributed by atoms with Gasteiger partial charge in [0.2, 0.25) is 0 Å². The van der Waals surface area contributed by atoms with E-state index in [-0.39, 0.29) is 11.0 Å². The molecule has 0 aliphatic heterocycles. The van der Waals surface area contributed by atoms with Gasteiger partial charge in [0, 0.05) is 19.0 Å². The summed E-state index contributed by atoms with van der Waals surface area (Å²) in [5, 5.41) is 1.19. The first-order valence-corrected chi connectivity index (χ1v) is 12.7. The van der Waals surface area contributed by atoms with Gasteiger partial charge in [-0.05, 0) is 69.6 Å². The summed E-state index contributed by atoms with van der Waals surface area (Å²) in [4.78, 5) is 28.4. The molecule has 0 radical (unpaired) electrons. The van der Waals surface area contributed by atoms with Crippen molar-refractivity contribution >= 4 is 22.7 Å². The average molecular weight is 487 g/mol. The highest BCUT2D eigenvalue weighted by Gasteiger charge is 2.30. The molecule has 194 valence electrons. The number of nitrogens with zero attached hydrogens (tertiary/aromatic N) is 2. The zero-order valence-electron chi connectivity index (χ0n) is 22.7. The minimum absolute atomic E-state index is 0.170. The van der Waals surface area contributed by atoms with Crippen LogP contribution in [0, 0.1) is 11.3 Å². The van der Waals surface area contributed by atoms with Crippen molar-refractivity contribution in [2.24, 2.45) is 11.3 Å². The summed E-state index contributed by atoms with van der Waals surface area (Å²) >= 11 is 0. The molecule has 1 saturated carbocycles. The van der Waals surface area contributed by atoms with E-state index in [4.69, 9.17) is 14.2 Å². The zero-order chi connectivity index (χ0) is 26.0. The maximum atomic E-state index is 13.8. The molecular formula is C28H42N2O5. The van der Waals surface area contributed by atoms with E-state index < -0.39 is 11.7 Å². The Labute approximate surface area is 209 Å². The van der Waals surface area contributed by atoms with Gasteiger partial charge < -0.3 is 14.2 Å². The van der Waals surface area contributed by atoms with E-state index in [1.807, 2.05) is 39.0 Å². The molecule has 1 amide bonds. The lowest BCUT2D eigenvalue weighted by atomic mass is 9.96. The third kappa shape index (κ3) is 7.15. The summed E-state index contributed by atoms with van der Waals surface area (Å²) in [5.74, 6) is 2.22. The second kappa shape index (κ2) is 10.5. The highest BCUT2D eigenvalue weighted by Crippen LogP contribution is 2.38. The molecule has 7 nitrogen and oxygen atoms in total. The van der Waals surface area contributed by atoms with Crippen LogP contribution in [0.1, 0.15) is 74.1 Å². The standard InChI is InChI=1S/C28H42N2O5/c1-9-10-15-33-23-22-16-20(34-17-19-11-12-19)13-14-21(22)25(31)30(18-27(2,3)4)24(23)29(8)26(32)35-28(5,6)7/h13-14,16,19H,9-12,15,17-18H2,1-8H3. The van der Waals surface area contributed by atoms with Gasteiger partial charge in [0.15, 0.2) is 11.6 Å². The van der Waals surface area contributed by atoms with Crippen LogP contribution in [0.5, 0.6) is 11.5 Å². The maximum Gasteiger partial charge on any atom is 0.415 e. The lowest BCUT2D eigenvalue weighted by Crippen LogP contribution is -2.39. The average Bonchev–Trinajstić information content (AvgIpc) is 3.57. The number of hydrogen-bond acceptors (Lipinski definition) is 5. The number of carbonyl (C=O) groups is 1. The molecule has 1 heterocycles. The second-order valence-electron chi connectivity index (χ2n) is 11.8. The molecule has 0 spiro atoms. The first-order chi connectivity index (χ1) is 16.3. The lowest BCUT2D eigenvalue weighted by Gasteiger charge is -2.30. The van der Waals surface area contributed by atoms with Gasteiger partial charge in [0.1, 0.15) is 11.4 Å². The molecule has 3 rings (SSSR count). The monoisotopic (exact) mass is 486 g/mol. The molecule has 1 aliphatic rings. The number of amides is 1. The van der Waals surface area contributed by atoms with E-state index in [0.29, 0.717) is 53.8 Å². The number of hydrogen-bond donors (Lipinski definition) is 0. The van der Waals surface area contributed by atoms with Crippen molar-refractivity contribution in [2.45, 2.75) is 86.3 Å². The van der Waals surface area contributed by atoms with Crippen molar-refractivity contribution in [1.82, 2.24) is 4.57 Å². The van der Waals surface area contributed by atoms with Gasteiger partial charge in [-0.1, -0.05) is 34.1 Å². The fraction of sp³-hybridized carbons (Fsp3) is 0.643. The molecule has 0 bridgehead atoms. The van der Waals surface area contributed by atoms with Gasteiger partial charge in [-0.3, -0.25) is 14.3 Å². The number of fused-ring (bicyclic) bond motifs is 1. The van der Waals surface area contributed by atoms with Gasteiger partial charge >= 0.3 is 6.09 Å². The number of aromatic nitrogens is 1. The van der Waals surface area contributed by atoms with Crippen molar-refractivity contribution < 1.29 is 19.0 Å². The quantitative estimate of drug-likeness (QED) is 0.384. The van der Waals surface area contributed by atoms with E-state index in [0.717, 1.165) is 12.8 Å². The molecule has 1 aromatic heterocycles. The smallest absolute Gasteiger partial charge is 0.415 e. The molecule has 0 N–H and O–H groups in total. The van der Waals surface area contributed by atoms with Crippen LogP contribution in [-0.2, 0) is 11.3 Å². The molecule has 35 heavy (non-hydrogen) atoms. The third-order valence-corrected chi connectivity index (χ3v) is 5.71. The number of carbonyl (C=O) groups excluding carboxylic acids is 1. The van der Waals surface area contributed by atoms with Gasteiger partial charge in [-0.15, -0.1) is 0 Å². The second-order valence-corrected chi connectivity index (χ2v) is 11.8. The van der Waals surface area contributed by atoms with Crippen molar-refractivity contribution in [3.8, 4) is 11.5 Å². The Bertz CT molecular complexity index is 1100.